The number of anilines is 9. The van der Waals surface area contributed by atoms with Crippen LogP contribution in [-0.4, -0.2) is 20.8 Å². The molecule has 2 aliphatic rings. The van der Waals surface area contributed by atoms with E-state index in [-0.39, 0.29) is 6.71 Å². The third-order valence-electron chi connectivity index (χ3n) is 13.9. The second-order valence-electron chi connectivity index (χ2n) is 17.6. The molecule has 7 heteroatoms. The van der Waals surface area contributed by atoms with Gasteiger partial charge in [0.2, 0.25) is 0 Å². The zero-order chi connectivity index (χ0) is 44.7. The number of fused-ring (bicyclic) bond motifs is 5. The van der Waals surface area contributed by atoms with Gasteiger partial charge in [-0.25, -0.2) is 0 Å². The maximum Gasteiger partial charge on any atom is 0.252 e. The van der Waals surface area contributed by atoms with E-state index in [9.17, 15) is 0 Å². The molecule has 0 bridgehead atoms. The molecule has 0 saturated heterocycles. The van der Waals surface area contributed by atoms with Gasteiger partial charge in [0, 0.05) is 80.2 Å². The predicted molar refractivity (Wildman–Crippen MR) is 284 cm³/mol. The van der Waals surface area contributed by atoms with Crippen molar-refractivity contribution in [2.75, 3.05) is 14.7 Å². The van der Waals surface area contributed by atoms with Gasteiger partial charge in [0.1, 0.15) is 0 Å². The van der Waals surface area contributed by atoms with Crippen LogP contribution < -0.4 is 31.1 Å². The summed E-state index contributed by atoms with van der Waals surface area (Å²) in [6, 6.07) is 83.4. The average molecular weight is 869 g/mol. The van der Waals surface area contributed by atoms with Crippen molar-refractivity contribution in [3.63, 3.8) is 0 Å². The fourth-order valence-electron chi connectivity index (χ4n) is 11.1. The topological polar surface area (TPSA) is 32.5 Å². The van der Waals surface area contributed by atoms with Crippen molar-refractivity contribution >= 4 is 107 Å². The number of nitrogens with zero attached hydrogens (tertiary/aromatic N) is 6. The van der Waals surface area contributed by atoms with Crippen molar-refractivity contribution < 1.29 is 0 Å². The Morgan fingerprint density at radius 1 is 0.353 bits per heavy atom. The standard InChI is InChI=1S/C61H41BN6/c1-6-18-43(19-7-1)66(48-28-31-54-42(39-48)17-16-36-63-54)49-40-57-59-58(41-49)65-38-35-51-56(68(46-24-12-4-13-25-46)47-26-14-5-15-27-47)33-30-53(61(51)65)62(59)52-29-32-55(50-34-37-64(57)60(50)52)67(44-20-8-2-9-21-44)45-22-10-3-11-23-45/h1-41H. The molecule has 0 amide bonds. The van der Waals surface area contributed by atoms with Gasteiger partial charge in [0.25, 0.3) is 6.71 Å². The number of rotatable bonds is 9. The number of benzene rings is 9. The van der Waals surface area contributed by atoms with Crippen molar-refractivity contribution in [2.45, 2.75) is 0 Å². The summed E-state index contributed by atoms with van der Waals surface area (Å²) in [5, 5.41) is 3.49. The molecule has 0 fully saturated rings. The van der Waals surface area contributed by atoms with E-state index in [2.05, 4.69) is 266 Å². The highest BCUT2D eigenvalue weighted by atomic mass is 15.2. The second kappa shape index (κ2) is 15.3. The minimum absolute atomic E-state index is 0.0346. The Labute approximate surface area is 394 Å². The van der Waals surface area contributed by atoms with E-state index < -0.39 is 0 Å². The minimum Gasteiger partial charge on any atom is -0.317 e. The fourth-order valence-corrected chi connectivity index (χ4v) is 11.1. The first-order valence-electron chi connectivity index (χ1n) is 23.2. The van der Waals surface area contributed by atoms with Crippen molar-refractivity contribution in [1.29, 1.82) is 0 Å². The largest absolute Gasteiger partial charge is 0.317 e. The molecule has 0 unspecified atom stereocenters. The Morgan fingerprint density at radius 3 is 1.25 bits per heavy atom. The summed E-state index contributed by atoms with van der Waals surface area (Å²) in [6.45, 7) is -0.0346. The first kappa shape index (κ1) is 38.2. The highest BCUT2D eigenvalue weighted by Crippen LogP contribution is 2.45. The third kappa shape index (κ3) is 5.82. The Hall–Kier alpha value is -9.07. The lowest BCUT2D eigenvalue weighted by Gasteiger charge is -2.36. The molecule has 5 heterocycles. The molecule has 0 atom stereocenters. The third-order valence-corrected chi connectivity index (χ3v) is 13.9. The van der Waals surface area contributed by atoms with E-state index in [1.807, 2.05) is 12.3 Å². The Balaban J connectivity index is 1.06. The van der Waals surface area contributed by atoms with Crippen molar-refractivity contribution in [2.24, 2.45) is 0 Å². The Bertz CT molecular complexity index is 3600. The van der Waals surface area contributed by atoms with Crippen LogP contribution in [0.1, 0.15) is 0 Å². The van der Waals surface area contributed by atoms with Crippen molar-refractivity contribution in [1.82, 2.24) is 14.1 Å². The lowest BCUT2D eigenvalue weighted by molar-refractivity contribution is 1.09. The molecule has 14 rings (SSSR count). The van der Waals surface area contributed by atoms with E-state index in [1.54, 1.807) is 0 Å². The highest BCUT2D eigenvalue weighted by Gasteiger charge is 2.41. The van der Waals surface area contributed by atoms with Crippen LogP contribution in [0, 0.1) is 0 Å². The maximum atomic E-state index is 4.69. The maximum absolute atomic E-state index is 4.69. The van der Waals surface area contributed by atoms with Gasteiger partial charge in [0.15, 0.2) is 0 Å². The molecule has 12 aromatic rings. The van der Waals surface area contributed by atoms with Crippen LogP contribution in [0.3, 0.4) is 0 Å². The summed E-state index contributed by atoms with van der Waals surface area (Å²) < 4.78 is 4.92. The molecule has 3 aromatic heterocycles. The van der Waals surface area contributed by atoms with Crippen molar-refractivity contribution in [3.8, 4) is 11.4 Å². The summed E-state index contributed by atoms with van der Waals surface area (Å²) in [6.07, 6.45) is 6.44. The molecular formula is C61H41BN6. The van der Waals surface area contributed by atoms with E-state index >= 15 is 0 Å². The molecule has 318 valence electrons. The quantitative estimate of drug-likeness (QED) is 0.135. The molecule has 0 N–H and O–H groups in total. The zero-order valence-electron chi connectivity index (χ0n) is 36.9. The van der Waals surface area contributed by atoms with E-state index in [0.29, 0.717) is 0 Å². The van der Waals surface area contributed by atoms with E-state index in [1.165, 1.54) is 49.6 Å². The first-order valence-corrected chi connectivity index (χ1v) is 23.2. The zero-order valence-corrected chi connectivity index (χ0v) is 36.9. The normalized spacial score (nSPS) is 12.1. The van der Waals surface area contributed by atoms with Gasteiger partial charge in [-0.05, 0) is 138 Å². The first-order chi connectivity index (χ1) is 33.8. The summed E-state index contributed by atoms with van der Waals surface area (Å²) in [4.78, 5) is 11.9. The molecule has 6 nitrogen and oxygen atoms in total. The highest BCUT2D eigenvalue weighted by molar-refractivity contribution is 7.00. The minimum atomic E-state index is -0.0346. The average Bonchev–Trinajstić information content (AvgIpc) is 4.07. The van der Waals surface area contributed by atoms with E-state index in [0.717, 1.165) is 62.1 Å². The van der Waals surface area contributed by atoms with Crippen LogP contribution in [-0.2, 0) is 0 Å². The van der Waals surface area contributed by atoms with Crippen LogP contribution in [0.5, 0.6) is 0 Å². The molecule has 0 aliphatic carbocycles. The summed E-state index contributed by atoms with van der Waals surface area (Å²) in [5.74, 6) is 0. The monoisotopic (exact) mass is 868 g/mol. The lowest BCUT2D eigenvalue weighted by atomic mass is 9.34. The van der Waals surface area contributed by atoms with Gasteiger partial charge < -0.3 is 23.8 Å². The van der Waals surface area contributed by atoms with Gasteiger partial charge in [-0.3, -0.25) is 4.98 Å². The second-order valence-corrected chi connectivity index (χ2v) is 17.6. The van der Waals surface area contributed by atoms with Gasteiger partial charge in [-0.15, -0.1) is 0 Å². The van der Waals surface area contributed by atoms with Crippen LogP contribution in [0.4, 0.5) is 51.2 Å². The number of para-hydroxylation sites is 5. The van der Waals surface area contributed by atoms with Crippen LogP contribution in [0.2, 0.25) is 0 Å². The van der Waals surface area contributed by atoms with Gasteiger partial charge >= 0.3 is 0 Å². The SMILES string of the molecule is c1ccc(N(c2cc3c4c(c2)-n2ccc5c(N(c6ccccc6)c6ccccc6)ccc(c52)B4c2ccc(N(c4ccccc4)c4ccccc4)c4ccn-3c24)c2ccc3ncccc3c2)cc1. The van der Waals surface area contributed by atoms with Crippen molar-refractivity contribution in [3.05, 3.63) is 249 Å². The number of hydrogen-bond acceptors (Lipinski definition) is 4. The summed E-state index contributed by atoms with van der Waals surface area (Å²) in [7, 11) is 0. The molecule has 2 aliphatic heterocycles. The van der Waals surface area contributed by atoms with Crippen LogP contribution in [0.15, 0.2) is 249 Å². The van der Waals surface area contributed by atoms with Crippen LogP contribution >= 0.6 is 0 Å². The summed E-state index contributed by atoms with van der Waals surface area (Å²) in [5.41, 5.74) is 19.6. The fraction of sp³-hybridized carbons (Fsp3) is 0. The molecule has 0 radical (unpaired) electrons. The molecule has 68 heavy (non-hydrogen) atoms. The molecule has 9 aromatic carbocycles. The number of pyridine rings is 1. The van der Waals surface area contributed by atoms with Gasteiger partial charge in [-0.1, -0.05) is 109 Å². The van der Waals surface area contributed by atoms with Gasteiger partial charge in [0.05, 0.1) is 33.6 Å². The molecule has 0 saturated carbocycles. The van der Waals surface area contributed by atoms with Gasteiger partial charge in [-0.2, -0.15) is 0 Å². The smallest absolute Gasteiger partial charge is 0.252 e. The molecule has 0 spiro atoms. The number of hydrogen-bond donors (Lipinski definition) is 0. The molecular weight excluding hydrogens is 828 g/mol. The Kier molecular flexibility index (Phi) is 8.58. The number of aromatic nitrogens is 3. The lowest BCUT2D eigenvalue weighted by Crippen LogP contribution is -2.59. The van der Waals surface area contributed by atoms with E-state index in [4.69, 9.17) is 0 Å². The summed E-state index contributed by atoms with van der Waals surface area (Å²) >= 11 is 0. The Morgan fingerprint density at radius 2 is 0.794 bits per heavy atom. The van der Waals surface area contributed by atoms with Crippen LogP contribution in [0.25, 0.3) is 44.1 Å². The predicted octanol–water partition coefficient (Wildman–Crippen LogP) is 13.7.